The van der Waals surface area contributed by atoms with E-state index in [0.29, 0.717) is 17.0 Å². The molecule has 4 rings (SSSR count). The van der Waals surface area contributed by atoms with Gasteiger partial charge in [-0.25, -0.2) is 4.79 Å². The largest absolute Gasteiger partial charge is 0.492 e. The Labute approximate surface area is 238 Å². The zero-order chi connectivity index (χ0) is 29.4. The number of hydrogen-bond acceptors (Lipinski definition) is 7. The van der Waals surface area contributed by atoms with Gasteiger partial charge in [-0.1, -0.05) is 53.7 Å². The lowest BCUT2D eigenvalue weighted by molar-refractivity contribution is -0.192. The molecule has 1 heterocycles. The first kappa shape index (κ1) is 29.9. The van der Waals surface area contributed by atoms with Gasteiger partial charge in [-0.2, -0.15) is 13.2 Å². The van der Waals surface area contributed by atoms with Gasteiger partial charge in [0.2, 0.25) is 5.91 Å². The van der Waals surface area contributed by atoms with Gasteiger partial charge in [0.1, 0.15) is 31.8 Å². The average Bonchev–Trinajstić information content (AvgIpc) is 2.95. The normalized spacial score (nSPS) is 14.4. The second-order valence-electron chi connectivity index (χ2n) is 8.95. The number of nitrogens with zero attached hydrogens (tertiary/aromatic N) is 2. The zero-order valence-corrected chi connectivity index (χ0v) is 22.8. The first-order valence-corrected chi connectivity index (χ1v) is 13.5. The monoisotopic (exact) mass is 588 g/mol. The highest BCUT2D eigenvalue weighted by molar-refractivity contribution is 8.00. The maximum atomic E-state index is 12.7. The van der Waals surface area contributed by atoms with E-state index in [1.165, 1.54) is 18.9 Å². The lowest BCUT2D eigenvalue weighted by Gasteiger charge is -2.29. The van der Waals surface area contributed by atoms with Gasteiger partial charge in [-0.3, -0.25) is 4.79 Å². The van der Waals surface area contributed by atoms with Gasteiger partial charge in [-0.15, -0.1) is 11.8 Å². The van der Waals surface area contributed by atoms with Crippen molar-refractivity contribution >= 4 is 35.0 Å². The Morgan fingerprint density at radius 1 is 1.07 bits per heavy atom. The van der Waals surface area contributed by atoms with Gasteiger partial charge in [-0.05, 0) is 29.8 Å². The SMILES string of the molecule is CO/N=C(\c1ccccc1)c1ccc2c(c1)SCC(=O)N2CCOc1ccc(CC(OCC(F)(F)F)C(=O)O)cc1. The van der Waals surface area contributed by atoms with Crippen LogP contribution in [0, 0.1) is 0 Å². The minimum absolute atomic E-state index is 0.0541. The van der Waals surface area contributed by atoms with E-state index in [2.05, 4.69) is 9.89 Å². The molecule has 1 aliphatic heterocycles. The lowest BCUT2D eigenvalue weighted by atomic mass is 10.0. The number of carbonyl (C=O) groups is 2. The molecule has 1 aliphatic rings. The standard InChI is InChI=1S/C29H27F3N2O6S/c1-38-33-27(20-5-3-2-4-6-20)21-9-12-23-25(16-21)41-17-26(35)34(23)13-14-39-22-10-7-19(8-11-22)15-24(28(36)37)40-18-29(30,31)32/h2-12,16,24H,13-15,17-18H2,1H3,(H,36,37)/b33-27+. The Balaban J connectivity index is 1.38. The van der Waals surface area contributed by atoms with Crippen LogP contribution >= 0.6 is 11.8 Å². The predicted octanol–water partition coefficient (Wildman–Crippen LogP) is 5.18. The third kappa shape index (κ3) is 8.24. The number of benzene rings is 3. The van der Waals surface area contributed by atoms with Crippen molar-refractivity contribution in [3.8, 4) is 5.75 Å². The highest BCUT2D eigenvalue weighted by Crippen LogP contribution is 2.36. The number of aliphatic carboxylic acids is 1. The molecule has 3 aromatic rings. The second-order valence-corrected chi connectivity index (χ2v) is 9.97. The van der Waals surface area contributed by atoms with Crippen molar-refractivity contribution in [1.82, 2.24) is 0 Å². The summed E-state index contributed by atoms with van der Waals surface area (Å²) < 4.78 is 47.5. The van der Waals surface area contributed by atoms with E-state index >= 15 is 0 Å². The number of carboxylic acid groups (broad SMARTS) is 1. The first-order valence-electron chi connectivity index (χ1n) is 12.5. The van der Waals surface area contributed by atoms with Crippen molar-refractivity contribution < 1.29 is 42.2 Å². The smallest absolute Gasteiger partial charge is 0.411 e. The molecule has 8 nitrogen and oxygen atoms in total. The highest BCUT2D eigenvalue weighted by atomic mass is 32.2. The van der Waals surface area contributed by atoms with Crippen molar-refractivity contribution in [3.63, 3.8) is 0 Å². The number of ether oxygens (including phenoxy) is 2. The van der Waals surface area contributed by atoms with Gasteiger partial charge in [0.05, 0.1) is 18.0 Å². The van der Waals surface area contributed by atoms with Gasteiger partial charge >= 0.3 is 12.1 Å². The second kappa shape index (κ2) is 13.6. The Morgan fingerprint density at radius 3 is 2.46 bits per heavy atom. The molecule has 3 aromatic carbocycles. The third-order valence-corrected chi connectivity index (χ3v) is 7.09. The molecule has 1 atom stereocenters. The van der Waals surface area contributed by atoms with E-state index in [1.54, 1.807) is 29.2 Å². The predicted molar refractivity (Wildman–Crippen MR) is 148 cm³/mol. The van der Waals surface area contributed by atoms with E-state index < -0.39 is 24.9 Å². The molecule has 1 unspecified atom stereocenters. The first-order chi connectivity index (χ1) is 19.6. The molecule has 41 heavy (non-hydrogen) atoms. The molecular formula is C29H27F3N2O6S. The van der Waals surface area contributed by atoms with Crippen molar-refractivity contribution in [2.24, 2.45) is 5.16 Å². The number of carbonyl (C=O) groups excluding carboxylic acids is 1. The fraction of sp³-hybridized carbons (Fsp3) is 0.276. The Morgan fingerprint density at radius 2 is 1.80 bits per heavy atom. The zero-order valence-electron chi connectivity index (χ0n) is 22.0. The highest BCUT2D eigenvalue weighted by Gasteiger charge is 2.31. The van der Waals surface area contributed by atoms with Crippen LogP contribution in [0.15, 0.2) is 82.8 Å². The van der Waals surface area contributed by atoms with Crippen LogP contribution in [0.3, 0.4) is 0 Å². The number of carboxylic acids is 1. The molecule has 0 spiro atoms. The topological polar surface area (TPSA) is 97.7 Å². The van der Waals surface area contributed by atoms with Crippen LogP contribution in [-0.2, 0) is 25.6 Å². The molecule has 0 aromatic heterocycles. The number of hydrogen-bond donors (Lipinski definition) is 1. The Hall–Kier alpha value is -4.03. The van der Waals surface area contributed by atoms with Crippen molar-refractivity contribution in [1.29, 1.82) is 0 Å². The summed E-state index contributed by atoms with van der Waals surface area (Å²) in [7, 11) is 1.49. The van der Waals surface area contributed by atoms with E-state index in [0.717, 1.165) is 21.7 Å². The summed E-state index contributed by atoms with van der Waals surface area (Å²) in [6.07, 6.45) is -6.48. The molecule has 0 radical (unpaired) electrons. The average molecular weight is 589 g/mol. The van der Waals surface area contributed by atoms with Crippen LogP contribution in [0.2, 0.25) is 0 Å². The minimum Gasteiger partial charge on any atom is -0.492 e. The van der Waals surface area contributed by atoms with Crippen LogP contribution in [0.25, 0.3) is 0 Å². The molecule has 0 saturated carbocycles. The molecule has 0 aliphatic carbocycles. The van der Waals surface area contributed by atoms with E-state index in [9.17, 15) is 27.9 Å². The molecule has 0 fully saturated rings. The van der Waals surface area contributed by atoms with Crippen LogP contribution < -0.4 is 9.64 Å². The van der Waals surface area contributed by atoms with Gasteiger partial charge in [0.15, 0.2) is 6.10 Å². The van der Waals surface area contributed by atoms with Gasteiger partial charge in [0.25, 0.3) is 0 Å². The maximum Gasteiger partial charge on any atom is 0.411 e. The van der Waals surface area contributed by atoms with E-state index in [1.807, 2.05) is 48.5 Å². The van der Waals surface area contributed by atoms with E-state index in [4.69, 9.17) is 9.57 Å². The summed E-state index contributed by atoms with van der Waals surface area (Å²) in [5.74, 6) is -0.793. The van der Waals surface area contributed by atoms with Crippen LogP contribution in [0.1, 0.15) is 16.7 Å². The summed E-state index contributed by atoms with van der Waals surface area (Å²) in [5, 5.41) is 13.4. The number of halogens is 3. The number of thioether (sulfide) groups is 1. The molecule has 0 saturated heterocycles. The van der Waals surface area contributed by atoms with Crippen molar-refractivity contribution in [2.45, 2.75) is 23.6 Å². The Bertz CT molecular complexity index is 1380. The van der Waals surface area contributed by atoms with Crippen LogP contribution in [-0.4, -0.2) is 67.6 Å². The molecule has 1 N–H and O–H groups in total. The quantitative estimate of drug-likeness (QED) is 0.230. The fourth-order valence-electron chi connectivity index (χ4n) is 4.16. The summed E-state index contributed by atoms with van der Waals surface area (Å²) in [6, 6.07) is 21.7. The van der Waals surface area contributed by atoms with Crippen LogP contribution in [0.5, 0.6) is 5.75 Å². The molecule has 0 bridgehead atoms. The van der Waals surface area contributed by atoms with Crippen LogP contribution in [0.4, 0.5) is 18.9 Å². The summed E-state index contributed by atoms with van der Waals surface area (Å²) >= 11 is 1.45. The Kier molecular flexibility index (Phi) is 9.90. The number of fused-ring (bicyclic) bond motifs is 1. The number of anilines is 1. The number of amides is 1. The van der Waals surface area contributed by atoms with Gasteiger partial charge < -0.3 is 24.3 Å². The molecule has 216 valence electrons. The number of alkyl halides is 3. The maximum absolute atomic E-state index is 12.7. The molecule has 12 heteroatoms. The molecular weight excluding hydrogens is 561 g/mol. The van der Waals surface area contributed by atoms with Gasteiger partial charge in [0, 0.05) is 22.4 Å². The van der Waals surface area contributed by atoms with E-state index in [-0.39, 0.29) is 31.2 Å². The molecule has 1 amide bonds. The fourth-order valence-corrected chi connectivity index (χ4v) is 5.13. The minimum atomic E-state index is -4.62. The van der Waals surface area contributed by atoms with Crippen molar-refractivity contribution in [3.05, 3.63) is 89.5 Å². The lowest BCUT2D eigenvalue weighted by Crippen LogP contribution is -2.38. The third-order valence-electron chi connectivity index (χ3n) is 6.06. The number of rotatable bonds is 12. The number of oxime groups is 1. The van der Waals surface area contributed by atoms with Crippen molar-refractivity contribution in [2.75, 3.05) is 37.5 Å². The summed E-state index contributed by atoms with van der Waals surface area (Å²) in [4.78, 5) is 31.7. The summed E-state index contributed by atoms with van der Waals surface area (Å²) in [5.41, 5.74) is 3.66. The summed E-state index contributed by atoms with van der Waals surface area (Å²) in [6.45, 7) is -1.17.